The standard InChI is InChI=1S/C26H27N5O7/c1-15-4-3-11-30(15)24(34)17-5-2-6-19(14-17)31-12-13-37-21(25(31)35)20(32)23(33)27-18-9-7-16(8-10-18)22-28-26(36)38-29-22/h2,5-10,14-15,20-21,32H,3-4,11-13H2,1H3,(H,27,33)(H,28,29,36). The number of morpholine rings is 1. The van der Waals surface area contributed by atoms with Crippen LogP contribution < -0.4 is 16.0 Å². The fraction of sp³-hybridized carbons (Fsp3) is 0.346. The van der Waals surface area contributed by atoms with Gasteiger partial charge >= 0.3 is 5.76 Å². The molecule has 0 bridgehead atoms. The summed E-state index contributed by atoms with van der Waals surface area (Å²) in [6, 6.07) is 13.2. The van der Waals surface area contributed by atoms with Gasteiger partial charge in [-0.2, -0.15) is 0 Å². The largest absolute Gasteiger partial charge is 0.439 e. The SMILES string of the molecule is CC1CCCN1C(=O)c1cccc(N2CCOC(C(O)C(=O)Nc3ccc(-c4noc(=O)[nH]4)cc3)C2=O)c1. The highest BCUT2D eigenvalue weighted by atomic mass is 16.5. The first kappa shape index (κ1) is 25.4. The van der Waals surface area contributed by atoms with Gasteiger partial charge in [-0.15, -0.1) is 0 Å². The molecule has 1 aromatic heterocycles. The number of H-pyrrole nitrogens is 1. The molecule has 0 radical (unpaired) electrons. The summed E-state index contributed by atoms with van der Waals surface area (Å²) in [6.45, 7) is 3.04. The molecule has 2 aliphatic heterocycles. The van der Waals surface area contributed by atoms with E-state index in [-0.39, 0.29) is 30.9 Å². The molecular formula is C26H27N5O7. The number of hydrogen-bond donors (Lipinski definition) is 3. The summed E-state index contributed by atoms with van der Waals surface area (Å²) in [6.07, 6.45) is -1.27. The molecule has 3 N–H and O–H groups in total. The van der Waals surface area contributed by atoms with Crippen molar-refractivity contribution >= 4 is 29.1 Å². The second-order valence-corrected chi connectivity index (χ2v) is 9.28. The third kappa shape index (κ3) is 5.08. The third-order valence-corrected chi connectivity index (χ3v) is 6.76. The molecule has 2 fully saturated rings. The number of aromatic amines is 1. The molecule has 38 heavy (non-hydrogen) atoms. The maximum atomic E-state index is 13.2. The molecule has 0 spiro atoms. The van der Waals surface area contributed by atoms with Gasteiger partial charge in [0.2, 0.25) is 0 Å². The van der Waals surface area contributed by atoms with Gasteiger partial charge in [0.25, 0.3) is 17.7 Å². The lowest BCUT2D eigenvalue weighted by Gasteiger charge is -2.34. The van der Waals surface area contributed by atoms with Crippen LogP contribution in [0.5, 0.6) is 0 Å². The van der Waals surface area contributed by atoms with Gasteiger partial charge < -0.3 is 25.0 Å². The fourth-order valence-electron chi connectivity index (χ4n) is 4.72. The number of amides is 3. The summed E-state index contributed by atoms with van der Waals surface area (Å²) in [5.41, 5.74) is 1.88. The molecule has 3 aromatic rings. The van der Waals surface area contributed by atoms with E-state index in [9.17, 15) is 24.3 Å². The molecular weight excluding hydrogens is 494 g/mol. The number of nitrogens with zero attached hydrogens (tertiary/aromatic N) is 3. The number of likely N-dealkylation sites (tertiary alicyclic amines) is 1. The molecule has 5 rings (SSSR count). The first-order chi connectivity index (χ1) is 18.3. The summed E-state index contributed by atoms with van der Waals surface area (Å²) in [5, 5.41) is 16.8. The summed E-state index contributed by atoms with van der Waals surface area (Å²) in [7, 11) is 0. The van der Waals surface area contributed by atoms with E-state index < -0.39 is 29.8 Å². The Kier molecular flexibility index (Phi) is 7.07. The highest BCUT2D eigenvalue weighted by Gasteiger charge is 2.39. The Labute approximate surface area is 217 Å². The van der Waals surface area contributed by atoms with Crippen LogP contribution >= 0.6 is 0 Å². The number of aromatic nitrogens is 2. The molecule has 2 saturated heterocycles. The minimum atomic E-state index is -1.77. The summed E-state index contributed by atoms with van der Waals surface area (Å²) in [4.78, 5) is 55.8. The number of nitrogens with one attached hydrogen (secondary N) is 2. The number of aliphatic hydroxyl groups excluding tert-OH is 1. The summed E-state index contributed by atoms with van der Waals surface area (Å²) >= 11 is 0. The zero-order chi connectivity index (χ0) is 26.8. The number of carbonyl (C=O) groups is 3. The molecule has 3 heterocycles. The molecule has 3 unspecified atom stereocenters. The van der Waals surface area contributed by atoms with Crippen molar-refractivity contribution in [2.24, 2.45) is 0 Å². The van der Waals surface area contributed by atoms with Crippen LogP contribution in [0.25, 0.3) is 11.4 Å². The van der Waals surface area contributed by atoms with Gasteiger partial charge in [0.05, 0.1) is 6.61 Å². The molecule has 3 atom stereocenters. The Morgan fingerprint density at radius 3 is 2.63 bits per heavy atom. The average Bonchev–Trinajstić information content (AvgIpc) is 3.56. The molecule has 3 amide bonds. The Morgan fingerprint density at radius 2 is 1.95 bits per heavy atom. The van der Waals surface area contributed by atoms with Crippen LogP contribution in [0.1, 0.15) is 30.1 Å². The van der Waals surface area contributed by atoms with E-state index in [0.717, 1.165) is 12.8 Å². The van der Waals surface area contributed by atoms with E-state index >= 15 is 0 Å². The van der Waals surface area contributed by atoms with Gasteiger partial charge in [0, 0.05) is 41.6 Å². The van der Waals surface area contributed by atoms with Crippen LogP contribution in [0.4, 0.5) is 11.4 Å². The van der Waals surface area contributed by atoms with Crippen molar-refractivity contribution in [1.82, 2.24) is 15.0 Å². The third-order valence-electron chi connectivity index (χ3n) is 6.76. The molecule has 198 valence electrons. The van der Waals surface area contributed by atoms with Crippen molar-refractivity contribution in [3.8, 4) is 11.4 Å². The van der Waals surface area contributed by atoms with Gasteiger partial charge in [0.1, 0.15) is 0 Å². The smallest absolute Gasteiger partial charge is 0.380 e. The van der Waals surface area contributed by atoms with Gasteiger partial charge in [-0.05, 0) is 62.2 Å². The van der Waals surface area contributed by atoms with E-state index in [1.165, 1.54) is 4.90 Å². The van der Waals surface area contributed by atoms with E-state index in [1.54, 1.807) is 48.5 Å². The van der Waals surface area contributed by atoms with Crippen LogP contribution in [0.15, 0.2) is 57.8 Å². The Balaban J connectivity index is 1.26. The first-order valence-corrected chi connectivity index (χ1v) is 12.3. The Morgan fingerprint density at radius 1 is 1.16 bits per heavy atom. The predicted octanol–water partition coefficient (Wildman–Crippen LogP) is 1.39. The average molecular weight is 522 g/mol. The topological polar surface area (TPSA) is 158 Å². The number of benzene rings is 2. The van der Waals surface area contributed by atoms with Crippen molar-refractivity contribution in [2.75, 3.05) is 29.9 Å². The lowest BCUT2D eigenvalue weighted by Crippen LogP contribution is -2.55. The Bertz CT molecular complexity index is 1400. The second-order valence-electron chi connectivity index (χ2n) is 9.28. The zero-order valence-corrected chi connectivity index (χ0v) is 20.6. The van der Waals surface area contributed by atoms with Gasteiger partial charge in [-0.25, -0.2) is 4.79 Å². The maximum Gasteiger partial charge on any atom is 0.439 e. The molecule has 0 aliphatic carbocycles. The molecule has 0 saturated carbocycles. The van der Waals surface area contributed by atoms with Crippen molar-refractivity contribution in [3.63, 3.8) is 0 Å². The van der Waals surface area contributed by atoms with E-state index in [1.807, 2.05) is 11.8 Å². The predicted molar refractivity (Wildman–Crippen MR) is 135 cm³/mol. The molecule has 2 aliphatic rings. The Hall–Kier alpha value is -4.29. The van der Waals surface area contributed by atoms with Crippen molar-refractivity contribution < 1.29 is 28.8 Å². The van der Waals surface area contributed by atoms with Crippen molar-refractivity contribution in [2.45, 2.75) is 38.0 Å². The van der Waals surface area contributed by atoms with Crippen LogP contribution in [-0.2, 0) is 14.3 Å². The highest BCUT2D eigenvalue weighted by molar-refractivity contribution is 6.04. The van der Waals surface area contributed by atoms with E-state index in [4.69, 9.17) is 4.74 Å². The number of carbonyl (C=O) groups excluding carboxylic acids is 3. The zero-order valence-electron chi connectivity index (χ0n) is 20.6. The van der Waals surface area contributed by atoms with Crippen LogP contribution in [0, 0.1) is 0 Å². The van der Waals surface area contributed by atoms with Crippen LogP contribution in [-0.4, -0.2) is 75.8 Å². The second kappa shape index (κ2) is 10.6. The van der Waals surface area contributed by atoms with Gasteiger partial charge in [0.15, 0.2) is 18.0 Å². The monoisotopic (exact) mass is 521 g/mol. The van der Waals surface area contributed by atoms with Crippen LogP contribution in [0.2, 0.25) is 0 Å². The molecule has 2 aromatic carbocycles. The minimum absolute atomic E-state index is 0.0885. The minimum Gasteiger partial charge on any atom is -0.380 e. The highest BCUT2D eigenvalue weighted by Crippen LogP contribution is 2.25. The van der Waals surface area contributed by atoms with Crippen LogP contribution in [0.3, 0.4) is 0 Å². The normalized spacial score (nSPS) is 20.4. The summed E-state index contributed by atoms with van der Waals surface area (Å²) < 4.78 is 9.96. The van der Waals surface area contributed by atoms with Crippen molar-refractivity contribution in [1.29, 1.82) is 0 Å². The van der Waals surface area contributed by atoms with Gasteiger partial charge in [-0.3, -0.25) is 23.9 Å². The quantitative estimate of drug-likeness (QED) is 0.439. The summed E-state index contributed by atoms with van der Waals surface area (Å²) in [5.74, 6) is -1.95. The van der Waals surface area contributed by atoms with Crippen molar-refractivity contribution in [3.05, 3.63) is 64.6 Å². The lowest BCUT2D eigenvalue weighted by atomic mass is 10.1. The fourth-order valence-corrected chi connectivity index (χ4v) is 4.72. The number of anilines is 2. The van der Waals surface area contributed by atoms with E-state index in [2.05, 4.69) is 20.0 Å². The number of aliphatic hydroxyl groups is 1. The maximum absolute atomic E-state index is 13.2. The van der Waals surface area contributed by atoms with E-state index in [0.29, 0.717) is 29.0 Å². The molecule has 12 nitrogen and oxygen atoms in total. The number of rotatable bonds is 6. The number of hydrogen-bond acceptors (Lipinski definition) is 8. The van der Waals surface area contributed by atoms with Gasteiger partial charge in [-0.1, -0.05) is 11.2 Å². The number of ether oxygens (including phenoxy) is 1. The lowest BCUT2D eigenvalue weighted by molar-refractivity contribution is -0.150. The first-order valence-electron chi connectivity index (χ1n) is 12.3. The molecule has 12 heteroatoms.